The highest BCUT2D eigenvalue weighted by molar-refractivity contribution is 9.10. The number of primary sulfonamides is 1. The first kappa shape index (κ1) is 40.2. The molecule has 0 bridgehead atoms. The molecular formula is C37H38BrF3N4O6S. The first-order chi connectivity index (χ1) is 24.6. The zero-order chi connectivity index (χ0) is 37.9. The van der Waals surface area contributed by atoms with Gasteiger partial charge in [0.05, 0.1) is 11.3 Å². The zero-order valence-corrected chi connectivity index (χ0v) is 30.4. The number of aliphatic carboxylic acids is 1. The van der Waals surface area contributed by atoms with Gasteiger partial charge in [-0.05, 0) is 96.2 Å². The maximum atomic E-state index is 13.6. The minimum Gasteiger partial charge on any atom is -0.475 e. The van der Waals surface area contributed by atoms with E-state index >= 15 is 0 Å². The molecule has 0 aliphatic carbocycles. The highest BCUT2D eigenvalue weighted by Crippen LogP contribution is 2.24. The number of carboxylic acids is 1. The average Bonchev–Trinajstić information content (AvgIpc) is 3.62. The molecule has 276 valence electrons. The summed E-state index contributed by atoms with van der Waals surface area (Å²) in [5, 5.41) is 15.4. The van der Waals surface area contributed by atoms with Gasteiger partial charge in [0.2, 0.25) is 15.9 Å². The zero-order valence-electron chi connectivity index (χ0n) is 28.0. The van der Waals surface area contributed by atoms with Crippen LogP contribution in [0, 0.1) is 0 Å². The topological polar surface area (TPSA) is 150 Å². The monoisotopic (exact) mass is 802 g/mol. The first-order valence-corrected chi connectivity index (χ1v) is 18.6. The quantitative estimate of drug-likeness (QED) is 0.159. The van der Waals surface area contributed by atoms with Gasteiger partial charge < -0.3 is 20.2 Å². The van der Waals surface area contributed by atoms with Gasteiger partial charge in [-0.1, -0.05) is 70.5 Å². The van der Waals surface area contributed by atoms with Crippen LogP contribution in [0.4, 0.5) is 13.2 Å². The van der Waals surface area contributed by atoms with Crippen LogP contribution in [-0.4, -0.2) is 73.5 Å². The molecule has 0 spiro atoms. The van der Waals surface area contributed by atoms with Crippen molar-refractivity contribution in [2.45, 2.75) is 43.4 Å². The van der Waals surface area contributed by atoms with Crippen molar-refractivity contribution in [3.8, 4) is 11.1 Å². The van der Waals surface area contributed by atoms with Crippen molar-refractivity contribution >= 4 is 43.7 Å². The highest BCUT2D eigenvalue weighted by atomic mass is 79.9. The summed E-state index contributed by atoms with van der Waals surface area (Å²) >= 11 is 3.44. The number of halogens is 4. The van der Waals surface area contributed by atoms with Gasteiger partial charge in [0, 0.05) is 36.2 Å². The Kier molecular flexibility index (Phi) is 14.1. The minimum absolute atomic E-state index is 0.0224. The average molecular weight is 804 g/mol. The number of hydrogen-bond donors (Lipinski definition) is 3. The number of likely N-dealkylation sites (tertiary alicyclic amines) is 1. The fraction of sp³-hybridized carbons (Fsp3) is 0.270. The third-order valence-electron chi connectivity index (χ3n) is 8.16. The summed E-state index contributed by atoms with van der Waals surface area (Å²) in [5.41, 5.74) is 5.06. The second kappa shape index (κ2) is 18.3. The van der Waals surface area contributed by atoms with Gasteiger partial charge in [-0.3, -0.25) is 9.59 Å². The van der Waals surface area contributed by atoms with Gasteiger partial charge >= 0.3 is 12.1 Å². The van der Waals surface area contributed by atoms with Crippen molar-refractivity contribution in [1.82, 2.24) is 15.1 Å². The number of rotatable bonds is 12. The van der Waals surface area contributed by atoms with Crippen LogP contribution in [0.5, 0.6) is 0 Å². The van der Waals surface area contributed by atoms with Crippen LogP contribution in [0.1, 0.15) is 39.9 Å². The van der Waals surface area contributed by atoms with Crippen LogP contribution in [0.25, 0.3) is 11.1 Å². The fourth-order valence-corrected chi connectivity index (χ4v) is 6.25. The van der Waals surface area contributed by atoms with Crippen molar-refractivity contribution in [3.05, 3.63) is 124 Å². The summed E-state index contributed by atoms with van der Waals surface area (Å²) in [7, 11) is -3.82. The number of nitrogens with zero attached hydrogens (tertiary/aromatic N) is 2. The van der Waals surface area contributed by atoms with Gasteiger partial charge in [-0.15, -0.1) is 0 Å². The van der Waals surface area contributed by atoms with E-state index in [9.17, 15) is 31.2 Å². The van der Waals surface area contributed by atoms with Gasteiger partial charge in [0.25, 0.3) is 5.91 Å². The second-order valence-corrected chi connectivity index (χ2v) is 14.6. The van der Waals surface area contributed by atoms with E-state index < -0.39 is 22.2 Å². The lowest BCUT2D eigenvalue weighted by Crippen LogP contribution is -2.33. The Morgan fingerprint density at radius 3 is 1.98 bits per heavy atom. The maximum Gasteiger partial charge on any atom is 0.490 e. The minimum atomic E-state index is -5.08. The molecule has 4 N–H and O–H groups in total. The standard InChI is InChI=1S/C35H37BrN4O4S.C2HF3O2/c36-32-13-9-26(10-14-32)22-34(41)40(24-27-11-15-33(16-12-27)45(37,43)44)25-28-5-3-6-29(21-28)30-7-4-8-31(23-30)35(42)38-17-20-39-18-1-2-19-39;3-2(4,5)1(6)7/h3-16,21,23H,1-2,17-20,22,24-25H2,(H,38,42)(H2,37,43,44);(H,6,7). The van der Waals surface area contributed by atoms with E-state index in [0.29, 0.717) is 18.7 Å². The number of benzene rings is 4. The Balaban J connectivity index is 0.000000785. The van der Waals surface area contributed by atoms with Crippen LogP contribution in [0.3, 0.4) is 0 Å². The number of sulfonamides is 1. The molecule has 1 aliphatic rings. The van der Waals surface area contributed by atoms with Crippen LogP contribution in [-0.2, 0) is 39.1 Å². The van der Waals surface area contributed by atoms with Crippen molar-refractivity contribution in [2.24, 2.45) is 5.14 Å². The molecule has 52 heavy (non-hydrogen) atoms. The molecule has 0 radical (unpaired) electrons. The summed E-state index contributed by atoms with van der Waals surface area (Å²) < 4.78 is 56.1. The van der Waals surface area contributed by atoms with E-state index in [0.717, 1.165) is 51.9 Å². The summed E-state index contributed by atoms with van der Waals surface area (Å²) in [6, 6.07) is 29.4. The number of carbonyl (C=O) groups excluding carboxylic acids is 2. The lowest BCUT2D eigenvalue weighted by Gasteiger charge is -2.24. The Labute approximate surface area is 308 Å². The van der Waals surface area contributed by atoms with E-state index in [2.05, 4.69) is 26.1 Å². The van der Waals surface area contributed by atoms with E-state index in [1.807, 2.05) is 72.8 Å². The molecular weight excluding hydrogens is 765 g/mol. The van der Waals surface area contributed by atoms with Crippen LogP contribution in [0.15, 0.2) is 106 Å². The molecule has 4 aromatic carbocycles. The summed E-state index contributed by atoms with van der Waals surface area (Å²) in [5.74, 6) is -2.91. The Morgan fingerprint density at radius 2 is 1.38 bits per heavy atom. The molecule has 10 nitrogen and oxygen atoms in total. The largest absolute Gasteiger partial charge is 0.490 e. The molecule has 4 aromatic rings. The molecule has 0 saturated carbocycles. The maximum absolute atomic E-state index is 13.6. The summed E-state index contributed by atoms with van der Waals surface area (Å²) in [4.78, 5) is 39.6. The third kappa shape index (κ3) is 12.6. The Bertz CT molecular complexity index is 1950. The van der Waals surface area contributed by atoms with Gasteiger partial charge in [-0.25, -0.2) is 18.4 Å². The molecule has 1 heterocycles. The molecule has 0 unspecified atom stereocenters. The smallest absolute Gasteiger partial charge is 0.475 e. The van der Waals surface area contributed by atoms with Crippen molar-refractivity contribution in [1.29, 1.82) is 0 Å². The van der Waals surface area contributed by atoms with Gasteiger partial charge in [-0.2, -0.15) is 13.2 Å². The number of amides is 2. The molecule has 5 rings (SSSR count). The number of carbonyl (C=O) groups is 3. The Morgan fingerprint density at radius 1 is 0.827 bits per heavy atom. The van der Waals surface area contributed by atoms with Crippen LogP contribution < -0.4 is 10.5 Å². The Hall–Kier alpha value is -4.57. The second-order valence-electron chi connectivity index (χ2n) is 12.1. The predicted molar refractivity (Wildman–Crippen MR) is 193 cm³/mol. The van der Waals surface area contributed by atoms with E-state index in [1.54, 1.807) is 17.0 Å². The summed E-state index contributed by atoms with van der Waals surface area (Å²) in [6.07, 6.45) is -2.42. The van der Waals surface area contributed by atoms with Crippen LogP contribution >= 0.6 is 15.9 Å². The number of carboxylic acid groups (broad SMARTS) is 1. The normalized spacial score (nSPS) is 13.2. The van der Waals surface area contributed by atoms with Crippen molar-refractivity contribution in [2.75, 3.05) is 26.2 Å². The van der Waals surface area contributed by atoms with Crippen molar-refractivity contribution in [3.63, 3.8) is 0 Å². The predicted octanol–water partition coefficient (Wildman–Crippen LogP) is 5.99. The highest BCUT2D eigenvalue weighted by Gasteiger charge is 2.38. The number of alkyl halides is 3. The number of nitrogens with two attached hydrogens (primary N) is 1. The van der Waals surface area contributed by atoms with E-state index in [4.69, 9.17) is 15.0 Å². The van der Waals surface area contributed by atoms with Gasteiger partial charge in [0.15, 0.2) is 0 Å². The summed E-state index contributed by atoms with van der Waals surface area (Å²) in [6.45, 7) is 4.31. The molecule has 1 saturated heterocycles. The van der Waals surface area contributed by atoms with Gasteiger partial charge in [0.1, 0.15) is 0 Å². The fourth-order valence-electron chi connectivity index (χ4n) is 5.47. The lowest BCUT2D eigenvalue weighted by molar-refractivity contribution is -0.192. The van der Waals surface area contributed by atoms with E-state index in [1.165, 1.54) is 25.0 Å². The molecule has 1 fully saturated rings. The van der Waals surface area contributed by atoms with Crippen LogP contribution in [0.2, 0.25) is 0 Å². The third-order valence-corrected chi connectivity index (χ3v) is 9.62. The lowest BCUT2D eigenvalue weighted by atomic mass is 10.0. The van der Waals surface area contributed by atoms with Crippen molar-refractivity contribution < 1.29 is 41.1 Å². The molecule has 2 amide bonds. The molecule has 0 aromatic heterocycles. The number of nitrogens with one attached hydrogen (secondary N) is 1. The number of hydrogen-bond acceptors (Lipinski definition) is 6. The SMILES string of the molecule is NS(=O)(=O)c1ccc(CN(Cc2cccc(-c3cccc(C(=O)NCCN4CCCC4)c3)c2)C(=O)Cc2ccc(Br)cc2)cc1.O=C(O)C(F)(F)F. The van der Waals surface area contributed by atoms with E-state index in [-0.39, 0.29) is 29.7 Å². The molecule has 0 atom stereocenters. The molecule has 1 aliphatic heterocycles. The first-order valence-electron chi connectivity index (χ1n) is 16.2. The molecule has 15 heteroatoms.